The third-order valence-electron chi connectivity index (χ3n) is 5.94. The minimum absolute atomic E-state index is 0.0891. The molecule has 6 heteroatoms. The molecule has 4 aliphatic rings. The highest BCUT2D eigenvalue weighted by molar-refractivity contribution is 5.89. The quantitative estimate of drug-likeness (QED) is 0.876. The molecular weight excluding hydrogens is 292 g/mol. The molecule has 0 atom stereocenters. The molecule has 2 amide bonds. The Balaban J connectivity index is 1.32. The molecule has 0 radical (unpaired) electrons. The number of methoxy groups -OCH3 is 1. The molecule has 1 aromatic heterocycles. The fraction of sp³-hybridized carbons (Fsp3) is 0.765. The second-order valence-corrected chi connectivity index (χ2v) is 7.54. The van der Waals surface area contributed by atoms with Gasteiger partial charge >= 0.3 is 6.03 Å². The molecule has 23 heavy (non-hydrogen) atoms. The third-order valence-corrected chi connectivity index (χ3v) is 5.94. The van der Waals surface area contributed by atoms with Crippen molar-refractivity contribution in [3.05, 3.63) is 12.4 Å². The Labute approximate surface area is 137 Å². The zero-order valence-electron chi connectivity index (χ0n) is 13.7. The number of hydrogen-bond donors (Lipinski definition) is 2. The first kappa shape index (κ1) is 15.0. The van der Waals surface area contributed by atoms with Crippen LogP contribution in [0, 0.1) is 23.7 Å². The number of ether oxygens (including phenoxy) is 1. The summed E-state index contributed by atoms with van der Waals surface area (Å²) in [4.78, 5) is 12.3. The van der Waals surface area contributed by atoms with E-state index in [9.17, 15) is 4.79 Å². The van der Waals surface area contributed by atoms with Crippen LogP contribution in [-0.4, -0.2) is 35.6 Å². The molecule has 4 fully saturated rings. The van der Waals surface area contributed by atoms with Crippen molar-refractivity contribution in [2.75, 3.05) is 19.0 Å². The van der Waals surface area contributed by atoms with Gasteiger partial charge in [0, 0.05) is 19.3 Å². The molecule has 0 saturated heterocycles. The van der Waals surface area contributed by atoms with Crippen molar-refractivity contribution in [3.8, 4) is 0 Å². The molecule has 2 N–H and O–H groups in total. The largest absolute Gasteiger partial charge is 0.383 e. The van der Waals surface area contributed by atoms with Crippen molar-refractivity contribution in [1.29, 1.82) is 0 Å². The summed E-state index contributed by atoms with van der Waals surface area (Å²) in [5, 5.41) is 10.4. The van der Waals surface area contributed by atoms with E-state index in [0.29, 0.717) is 31.0 Å². The molecule has 0 unspecified atom stereocenters. The first-order chi connectivity index (χ1) is 11.2. The van der Waals surface area contributed by atoms with Crippen LogP contribution >= 0.6 is 0 Å². The zero-order valence-corrected chi connectivity index (χ0v) is 13.7. The van der Waals surface area contributed by atoms with Crippen LogP contribution < -0.4 is 10.6 Å². The number of rotatable bonds is 5. The van der Waals surface area contributed by atoms with Crippen LogP contribution in [0.1, 0.15) is 32.1 Å². The molecule has 4 aliphatic carbocycles. The van der Waals surface area contributed by atoms with Crippen LogP contribution in [0.5, 0.6) is 0 Å². The average Bonchev–Trinajstić information content (AvgIpc) is 2.95. The molecule has 4 bridgehead atoms. The van der Waals surface area contributed by atoms with Crippen molar-refractivity contribution in [1.82, 2.24) is 15.1 Å². The van der Waals surface area contributed by atoms with E-state index in [4.69, 9.17) is 4.74 Å². The normalized spacial score (nSPS) is 34.6. The van der Waals surface area contributed by atoms with Crippen LogP contribution in [0.25, 0.3) is 0 Å². The van der Waals surface area contributed by atoms with Gasteiger partial charge in [0.15, 0.2) is 0 Å². The molecule has 0 spiro atoms. The smallest absolute Gasteiger partial charge is 0.319 e. The summed E-state index contributed by atoms with van der Waals surface area (Å²) >= 11 is 0. The van der Waals surface area contributed by atoms with Gasteiger partial charge in [-0.1, -0.05) is 0 Å². The number of amides is 2. The van der Waals surface area contributed by atoms with Gasteiger partial charge in [0.1, 0.15) is 0 Å². The minimum Gasteiger partial charge on any atom is -0.383 e. The van der Waals surface area contributed by atoms with Crippen LogP contribution in [-0.2, 0) is 11.3 Å². The number of anilines is 1. The Morgan fingerprint density at radius 1 is 1.26 bits per heavy atom. The van der Waals surface area contributed by atoms with Crippen molar-refractivity contribution in [3.63, 3.8) is 0 Å². The summed E-state index contributed by atoms with van der Waals surface area (Å²) in [5.74, 6) is 3.25. The molecule has 1 aromatic rings. The van der Waals surface area contributed by atoms with Gasteiger partial charge < -0.3 is 15.4 Å². The minimum atomic E-state index is -0.0891. The number of urea groups is 1. The molecule has 4 saturated carbocycles. The van der Waals surface area contributed by atoms with Gasteiger partial charge in [0.05, 0.1) is 25.0 Å². The molecule has 126 valence electrons. The Morgan fingerprint density at radius 2 is 1.96 bits per heavy atom. The lowest BCUT2D eigenvalue weighted by Crippen LogP contribution is -2.56. The van der Waals surface area contributed by atoms with Crippen LogP contribution in [0.3, 0.4) is 0 Å². The first-order valence-electron chi connectivity index (χ1n) is 8.80. The number of hydrogen-bond acceptors (Lipinski definition) is 3. The molecule has 0 aliphatic heterocycles. The predicted octanol–water partition coefficient (Wildman–Crippen LogP) is 2.48. The van der Waals surface area contributed by atoms with Gasteiger partial charge in [-0.2, -0.15) is 5.10 Å². The van der Waals surface area contributed by atoms with Gasteiger partial charge in [-0.3, -0.25) is 4.68 Å². The monoisotopic (exact) mass is 318 g/mol. The van der Waals surface area contributed by atoms with E-state index in [1.807, 2.05) is 6.20 Å². The lowest BCUT2D eigenvalue weighted by Gasteiger charge is -2.54. The highest BCUT2D eigenvalue weighted by atomic mass is 16.5. The molecule has 1 heterocycles. The summed E-state index contributed by atoms with van der Waals surface area (Å²) in [5.41, 5.74) is 0.738. The first-order valence-corrected chi connectivity index (χ1v) is 8.80. The molecule has 5 rings (SSSR count). The maximum atomic E-state index is 12.3. The summed E-state index contributed by atoms with van der Waals surface area (Å²) in [6.07, 6.45) is 10.2. The van der Waals surface area contributed by atoms with E-state index in [-0.39, 0.29) is 6.03 Å². The number of nitrogens with one attached hydrogen (secondary N) is 2. The highest BCUT2D eigenvalue weighted by Crippen LogP contribution is 2.53. The SMILES string of the molecule is COCCn1cc(NC(=O)NC2C3CC4CC(C3)CC2C4)cn1. The van der Waals surface area contributed by atoms with E-state index in [1.54, 1.807) is 18.0 Å². The van der Waals surface area contributed by atoms with Crippen molar-refractivity contribution in [2.24, 2.45) is 23.7 Å². The van der Waals surface area contributed by atoms with Crippen LogP contribution in [0.15, 0.2) is 12.4 Å². The summed E-state index contributed by atoms with van der Waals surface area (Å²) in [7, 11) is 1.67. The standard InChI is InChI=1S/C17H26N4O2/c1-23-3-2-21-10-15(9-18-21)19-17(22)20-16-13-5-11-4-12(7-13)8-14(16)6-11/h9-14,16H,2-8H2,1H3,(H2,19,20,22). The highest BCUT2D eigenvalue weighted by Gasteiger charge is 2.48. The summed E-state index contributed by atoms with van der Waals surface area (Å²) in [6.45, 7) is 1.30. The van der Waals surface area contributed by atoms with Crippen molar-refractivity contribution < 1.29 is 9.53 Å². The van der Waals surface area contributed by atoms with E-state index in [0.717, 1.165) is 17.5 Å². The second kappa shape index (κ2) is 6.15. The third kappa shape index (κ3) is 3.09. The van der Waals surface area contributed by atoms with Gasteiger partial charge in [0.2, 0.25) is 0 Å². The maximum Gasteiger partial charge on any atom is 0.319 e. The zero-order chi connectivity index (χ0) is 15.8. The summed E-state index contributed by atoms with van der Waals surface area (Å²) < 4.78 is 6.81. The Morgan fingerprint density at radius 3 is 2.61 bits per heavy atom. The number of carbonyl (C=O) groups excluding carboxylic acids is 1. The topological polar surface area (TPSA) is 68.2 Å². The van der Waals surface area contributed by atoms with Gasteiger partial charge in [-0.05, 0) is 55.8 Å². The van der Waals surface area contributed by atoms with Crippen molar-refractivity contribution in [2.45, 2.75) is 44.7 Å². The van der Waals surface area contributed by atoms with Gasteiger partial charge in [0.25, 0.3) is 0 Å². The second-order valence-electron chi connectivity index (χ2n) is 7.54. The Kier molecular flexibility index (Phi) is 4.01. The fourth-order valence-corrected chi connectivity index (χ4v) is 5.21. The van der Waals surface area contributed by atoms with Crippen LogP contribution in [0.2, 0.25) is 0 Å². The molecule has 0 aromatic carbocycles. The number of nitrogens with zero attached hydrogens (tertiary/aromatic N) is 2. The Bertz CT molecular complexity index is 543. The number of aromatic nitrogens is 2. The van der Waals surface area contributed by atoms with E-state index in [1.165, 1.54) is 32.1 Å². The maximum absolute atomic E-state index is 12.3. The average molecular weight is 318 g/mol. The van der Waals surface area contributed by atoms with E-state index >= 15 is 0 Å². The number of carbonyl (C=O) groups is 1. The van der Waals surface area contributed by atoms with E-state index in [2.05, 4.69) is 15.7 Å². The molecule has 6 nitrogen and oxygen atoms in total. The molecular formula is C17H26N4O2. The fourth-order valence-electron chi connectivity index (χ4n) is 5.21. The lowest BCUT2D eigenvalue weighted by molar-refractivity contribution is -0.00883. The van der Waals surface area contributed by atoms with E-state index < -0.39 is 0 Å². The van der Waals surface area contributed by atoms with Gasteiger partial charge in [-0.25, -0.2) is 4.79 Å². The lowest BCUT2D eigenvalue weighted by atomic mass is 9.54. The van der Waals surface area contributed by atoms with Crippen LogP contribution in [0.4, 0.5) is 10.5 Å². The Hall–Kier alpha value is -1.56. The predicted molar refractivity (Wildman–Crippen MR) is 87.1 cm³/mol. The van der Waals surface area contributed by atoms with Gasteiger partial charge in [-0.15, -0.1) is 0 Å². The summed E-state index contributed by atoms with van der Waals surface area (Å²) in [6, 6.07) is 0.278. The van der Waals surface area contributed by atoms with Crippen molar-refractivity contribution >= 4 is 11.7 Å².